The summed E-state index contributed by atoms with van der Waals surface area (Å²) in [7, 11) is 1.15. The Balaban J connectivity index is 2.82. The van der Waals surface area contributed by atoms with E-state index in [1.165, 1.54) is 29.8 Å². The standard InChI is InChI=1S/C15H12N4O5/c1-8(20)11-5-10(19(22)23)3-4-12(11)18-7-9(6-16)13(17)14(18)15(21)24-2/h3-5,7H,17H2,1-2H3. The number of non-ortho nitro benzene ring substituents is 1. The van der Waals surface area contributed by atoms with Crippen LogP contribution < -0.4 is 5.73 Å². The van der Waals surface area contributed by atoms with Gasteiger partial charge in [0.15, 0.2) is 11.5 Å². The summed E-state index contributed by atoms with van der Waals surface area (Å²) in [5, 5.41) is 20.0. The lowest BCUT2D eigenvalue weighted by atomic mass is 10.1. The second-order valence-electron chi connectivity index (χ2n) is 4.79. The fourth-order valence-electron chi connectivity index (χ4n) is 2.23. The highest BCUT2D eigenvalue weighted by atomic mass is 16.6. The van der Waals surface area contributed by atoms with Crippen molar-refractivity contribution in [1.29, 1.82) is 5.26 Å². The molecule has 1 heterocycles. The molecule has 9 heteroatoms. The third-order valence-corrected chi connectivity index (χ3v) is 3.37. The molecule has 9 nitrogen and oxygen atoms in total. The molecule has 0 atom stereocenters. The first kappa shape index (κ1) is 16.7. The number of nitrogens with two attached hydrogens (primary N) is 1. The van der Waals surface area contributed by atoms with Crippen molar-refractivity contribution in [3.8, 4) is 11.8 Å². The maximum atomic E-state index is 12.0. The van der Waals surface area contributed by atoms with Crippen molar-refractivity contribution in [2.45, 2.75) is 6.92 Å². The molecule has 2 N–H and O–H groups in total. The number of Topliss-reactive ketones (excluding diaryl/α,β-unsaturated/α-hetero) is 1. The van der Waals surface area contributed by atoms with E-state index in [0.717, 1.165) is 13.2 Å². The normalized spacial score (nSPS) is 10.0. The largest absolute Gasteiger partial charge is 0.464 e. The number of ketones is 1. The summed E-state index contributed by atoms with van der Waals surface area (Å²) in [6, 6.07) is 5.43. The van der Waals surface area contributed by atoms with Gasteiger partial charge in [0.1, 0.15) is 6.07 Å². The molecule has 2 rings (SSSR count). The number of nitrogen functional groups attached to an aromatic ring is 1. The first-order valence-electron chi connectivity index (χ1n) is 6.60. The quantitative estimate of drug-likeness (QED) is 0.390. The number of nitro groups is 1. The molecule has 0 bridgehead atoms. The second-order valence-corrected chi connectivity index (χ2v) is 4.79. The minimum absolute atomic E-state index is 0.00819. The van der Waals surface area contributed by atoms with Crippen LogP contribution in [-0.4, -0.2) is 28.4 Å². The third-order valence-electron chi connectivity index (χ3n) is 3.37. The molecule has 24 heavy (non-hydrogen) atoms. The number of anilines is 1. The third kappa shape index (κ3) is 2.68. The first-order chi connectivity index (χ1) is 11.3. The summed E-state index contributed by atoms with van der Waals surface area (Å²) in [5.74, 6) is -1.25. The summed E-state index contributed by atoms with van der Waals surface area (Å²) in [6.07, 6.45) is 1.27. The summed E-state index contributed by atoms with van der Waals surface area (Å²) < 4.78 is 5.88. The molecule has 0 radical (unpaired) electrons. The number of carbonyl (C=O) groups is 2. The Kier molecular flexibility index (Phi) is 4.32. The van der Waals surface area contributed by atoms with Gasteiger partial charge >= 0.3 is 5.97 Å². The number of nitriles is 1. The summed E-state index contributed by atoms with van der Waals surface area (Å²) in [5.41, 5.74) is 5.50. The van der Waals surface area contributed by atoms with Gasteiger partial charge in [-0.1, -0.05) is 0 Å². The highest BCUT2D eigenvalue weighted by molar-refractivity contribution is 6.00. The van der Waals surface area contributed by atoms with E-state index in [1.807, 2.05) is 6.07 Å². The van der Waals surface area contributed by atoms with Crippen molar-refractivity contribution in [2.75, 3.05) is 12.8 Å². The molecular formula is C15H12N4O5. The lowest BCUT2D eigenvalue weighted by molar-refractivity contribution is -0.384. The number of benzene rings is 1. The Morgan fingerprint density at radius 3 is 2.58 bits per heavy atom. The minimum atomic E-state index is -0.804. The zero-order chi connectivity index (χ0) is 18.0. The molecule has 0 aliphatic heterocycles. The highest BCUT2D eigenvalue weighted by Gasteiger charge is 2.24. The van der Waals surface area contributed by atoms with Gasteiger partial charge in [-0.3, -0.25) is 14.9 Å². The molecule has 0 saturated heterocycles. The maximum Gasteiger partial charge on any atom is 0.357 e. The van der Waals surface area contributed by atoms with Crippen LogP contribution in [0.5, 0.6) is 0 Å². The van der Waals surface area contributed by atoms with Gasteiger partial charge in [-0.15, -0.1) is 0 Å². The molecule has 0 aliphatic rings. The van der Waals surface area contributed by atoms with Gasteiger partial charge < -0.3 is 15.0 Å². The molecule has 0 saturated carbocycles. The van der Waals surface area contributed by atoms with E-state index < -0.39 is 16.7 Å². The SMILES string of the molecule is COC(=O)c1c(N)c(C#N)cn1-c1ccc([N+](=O)[O-])cc1C(C)=O. The molecule has 0 spiro atoms. The van der Waals surface area contributed by atoms with E-state index in [-0.39, 0.29) is 33.9 Å². The van der Waals surface area contributed by atoms with Gasteiger partial charge in [-0.05, 0) is 13.0 Å². The second kappa shape index (κ2) is 6.21. The van der Waals surface area contributed by atoms with Crippen LogP contribution in [0.1, 0.15) is 33.3 Å². The number of rotatable bonds is 4. The van der Waals surface area contributed by atoms with Crippen LogP contribution in [0.15, 0.2) is 24.4 Å². The van der Waals surface area contributed by atoms with Gasteiger partial charge in [0.05, 0.1) is 29.0 Å². The number of esters is 1. The van der Waals surface area contributed by atoms with Crippen LogP contribution in [0.3, 0.4) is 0 Å². The Morgan fingerprint density at radius 1 is 1.42 bits per heavy atom. The van der Waals surface area contributed by atoms with Crippen molar-refractivity contribution in [3.63, 3.8) is 0 Å². The number of nitrogens with zero attached hydrogens (tertiary/aromatic N) is 3. The van der Waals surface area contributed by atoms with Gasteiger partial charge in [-0.25, -0.2) is 4.79 Å². The fraction of sp³-hybridized carbons (Fsp3) is 0.133. The number of nitro benzene ring substituents is 1. The molecule has 1 aromatic heterocycles. The van der Waals surface area contributed by atoms with Gasteiger partial charge in [0.25, 0.3) is 5.69 Å². The van der Waals surface area contributed by atoms with Crippen molar-refractivity contribution in [3.05, 3.63) is 51.3 Å². The van der Waals surface area contributed by atoms with Crippen molar-refractivity contribution in [2.24, 2.45) is 0 Å². The number of aromatic nitrogens is 1. The minimum Gasteiger partial charge on any atom is -0.464 e. The Hall–Kier alpha value is -3.67. The van der Waals surface area contributed by atoms with Crippen molar-refractivity contribution >= 4 is 23.1 Å². The summed E-state index contributed by atoms with van der Waals surface area (Å²) in [6.45, 7) is 1.23. The zero-order valence-electron chi connectivity index (χ0n) is 12.8. The van der Waals surface area contributed by atoms with E-state index in [4.69, 9.17) is 11.0 Å². The lowest BCUT2D eigenvalue weighted by Gasteiger charge is -2.11. The van der Waals surface area contributed by atoms with Gasteiger partial charge in [-0.2, -0.15) is 5.26 Å². The molecule has 0 aliphatic carbocycles. The maximum absolute atomic E-state index is 12.0. The average Bonchev–Trinajstić information content (AvgIpc) is 2.89. The molecule has 1 aromatic carbocycles. The number of methoxy groups -OCH3 is 1. The Labute approximate surface area is 136 Å². The number of ether oxygens (including phenoxy) is 1. The van der Waals surface area contributed by atoms with Crippen LogP contribution in [0, 0.1) is 21.4 Å². The Bertz CT molecular complexity index is 907. The first-order valence-corrected chi connectivity index (χ1v) is 6.60. The van der Waals surface area contributed by atoms with Crippen molar-refractivity contribution < 1.29 is 19.2 Å². The van der Waals surface area contributed by atoms with Gasteiger partial charge in [0, 0.05) is 23.9 Å². The number of carbonyl (C=O) groups excluding carboxylic acids is 2. The number of hydrogen-bond donors (Lipinski definition) is 1. The summed E-state index contributed by atoms with van der Waals surface area (Å²) >= 11 is 0. The van der Waals surface area contributed by atoms with E-state index in [2.05, 4.69) is 4.74 Å². The van der Waals surface area contributed by atoms with Crippen molar-refractivity contribution in [1.82, 2.24) is 4.57 Å². The average molecular weight is 328 g/mol. The molecular weight excluding hydrogens is 316 g/mol. The topological polar surface area (TPSA) is 141 Å². The van der Waals surface area contributed by atoms with Crippen LogP contribution in [0.25, 0.3) is 5.69 Å². The predicted molar refractivity (Wildman–Crippen MR) is 82.9 cm³/mol. The Morgan fingerprint density at radius 2 is 2.08 bits per heavy atom. The van der Waals surface area contributed by atoms with E-state index in [9.17, 15) is 19.7 Å². The van der Waals surface area contributed by atoms with Crippen LogP contribution >= 0.6 is 0 Å². The fourth-order valence-corrected chi connectivity index (χ4v) is 2.23. The molecule has 0 fully saturated rings. The molecule has 122 valence electrons. The van der Waals surface area contributed by atoms with Crippen LogP contribution in [-0.2, 0) is 4.74 Å². The molecule has 0 amide bonds. The van der Waals surface area contributed by atoms with Crippen LogP contribution in [0.4, 0.5) is 11.4 Å². The number of hydrogen-bond acceptors (Lipinski definition) is 7. The highest BCUT2D eigenvalue weighted by Crippen LogP contribution is 2.28. The zero-order valence-corrected chi connectivity index (χ0v) is 12.8. The molecule has 2 aromatic rings. The van der Waals surface area contributed by atoms with Gasteiger partial charge in [0.2, 0.25) is 0 Å². The molecule has 0 unspecified atom stereocenters. The van der Waals surface area contributed by atoms with Crippen LogP contribution in [0.2, 0.25) is 0 Å². The predicted octanol–water partition coefficient (Wildman–Crippen LogP) is 1.83. The monoisotopic (exact) mass is 328 g/mol. The van der Waals surface area contributed by atoms with E-state index in [1.54, 1.807) is 0 Å². The van der Waals surface area contributed by atoms with E-state index in [0.29, 0.717) is 0 Å². The lowest BCUT2D eigenvalue weighted by Crippen LogP contribution is -2.13. The van der Waals surface area contributed by atoms with E-state index >= 15 is 0 Å². The smallest absolute Gasteiger partial charge is 0.357 e. The summed E-state index contributed by atoms with van der Waals surface area (Å²) in [4.78, 5) is 34.1.